The number of hydrogen-bond acceptors (Lipinski definition) is 5. The summed E-state index contributed by atoms with van der Waals surface area (Å²) in [7, 11) is -2.97. The monoisotopic (exact) mass is 338 g/mol. The highest BCUT2D eigenvalue weighted by atomic mass is 32.2. The van der Waals surface area contributed by atoms with Crippen molar-refractivity contribution in [2.45, 2.75) is 6.42 Å². The van der Waals surface area contributed by atoms with Gasteiger partial charge < -0.3 is 9.84 Å². The lowest BCUT2D eigenvalue weighted by molar-refractivity contribution is 0.0939. The van der Waals surface area contributed by atoms with Crippen molar-refractivity contribution in [2.24, 2.45) is 5.92 Å². The van der Waals surface area contributed by atoms with E-state index in [-0.39, 0.29) is 41.0 Å². The quantitative estimate of drug-likeness (QED) is 0.915. The summed E-state index contributed by atoms with van der Waals surface area (Å²) in [6.07, 6.45) is 0.544. The van der Waals surface area contributed by atoms with Crippen molar-refractivity contribution in [3.05, 3.63) is 41.8 Å². The minimum atomic E-state index is -2.97. The Balaban J connectivity index is 1.64. The molecule has 1 aromatic heterocycles. The van der Waals surface area contributed by atoms with Crippen LogP contribution in [0.5, 0.6) is 0 Å². The topological polar surface area (TPSA) is 89.3 Å². The van der Waals surface area contributed by atoms with Crippen LogP contribution in [0, 0.1) is 11.7 Å². The van der Waals surface area contributed by atoms with E-state index in [0.29, 0.717) is 6.42 Å². The summed E-state index contributed by atoms with van der Waals surface area (Å²) in [5.41, 5.74) is 0.255. The lowest BCUT2D eigenvalue weighted by Gasteiger charge is -2.07. The summed E-state index contributed by atoms with van der Waals surface area (Å²) in [6.45, 7) is 0.264. The molecule has 0 bridgehead atoms. The summed E-state index contributed by atoms with van der Waals surface area (Å²) in [4.78, 5) is 12.0. The second-order valence-corrected chi connectivity index (χ2v) is 7.76. The van der Waals surface area contributed by atoms with Crippen molar-refractivity contribution in [1.82, 2.24) is 10.5 Å². The number of hydrogen-bond donors (Lipinski definition) is 1. The maximum absolute atomic E-state index is 13.7. The Hall–Kier alpha value is -2.22. The van der Waals surface area contributed by atoms with Crippen LogP contribution in [0.25, 0.3) is 11.3 Å². The number of nitrogens with zero attached hydrogens (tertiary/aromatic N) is 1. The minimum absolute atomic E-state index is 0.0316. The Labute approximate surface area is 132 Å². The molecule has 3 rings (SSSR count). The zero-order chi connectivity index (χ0) is 16.4. The SMILES string of the molecule is O=C(NCC1CCS(=O)(=O)C1)c1cc(-c2ccccc2F)on1. The molecular formula is C15H15FN2O4S. The minimum Gasteiger partial charge on any atom is -0.355 e. The van der Waals surface area contributed by atoms with E-state index in [2.05, 4.69) is 10.5 Å². The fraction of sp³-hybridized carbons (Fsp3) is 0.333. The Morgan fingerprint density at radius 3 is 2.87 bits per heavy atom. The molecule has 1 unspecified atom stereocenters. The molecule has 1 amide bonds. The third kappa shape index (κ3) is 3.58. The second-order valence-electron chi connectivity index (χ2n) is 5.54. The van der Waals surface area contributed by atoms with E-state index in [0.717, 1.165) is 0 Å². The van der Waals surface area contributed by atoms with E-state index in [9.17, 15) is 17.6 Å². The third-order valence-corrected chi connectivity index (χ3v) is 5.60. The number of nitrogens with one attached hydrogen (secondary N) is 1. The maximum Gasteiger partial charge on any atom is 0.273 e. The molecule has 1 fully saturated rings. The van der Waals surface area contributed by atoms with Gasteiger partial charge in [-0.3, -0.25) is 4.79 Å². The van der Waals surface area contributed by atoms with Crippen LogP contribution in [-0.2, 0) is 9.84 Å². The number of carbonyl (C=O) groups excluding carboxylic acids is 1. The zero-order valence-corrected chi connectivity index (χ0v) is 13.0. The predicted molar refractivity (Wildman–Crippen MR) is 81.0 cm³/mol. The largest absolute Gasteiger partial charge is 0.355 e. The van der Waals surface area contributed by atoms with Crippen LogP contribution in [0.2, 0.25) is 0 Å². The number of rotatable bonds is 4. The van der Waals surface area contributed by atoms with Gasteiger partial charge in [-0.05, 0) is 24.5 Å². The van der Waals surface area contributed by atoms with Gasteiger partial charge in [-0.2, -0.15) is 0 Å². The molecule has 2 aromatic rings. The standard InChI is InChI=1S/C15H15FN2O4S/c16-12-4-2-1-3-11(12)14-7-13(18-22-14)15(19)17-8-10-5-6-23(20,21)9-10/h1-4,7,10H,5-6,8-9H2,(H,17,19). The van der Waals surface area contributed by atoms with Crippen molar-refractivity contribution in [2.75, 3.05) is 18.1 Å². The fourth-order valence-corrected chi connectivity index (χ4v) is 4.39. The molecule has 2 heterocycles. The first-order valence-electron chi connectivity index (χ1n) is 7.15. The van der Waals surface area contributed by atoms with Gasteiger partial charge in [-0.15, -0.1) is 0 Å². The normalized spacial score (nSPS) is 19.6. The molecule has 23 heavy (non-hydrogen) atoms. The van der Waals surface area contributed by atoms with Crippen LogP contribution in [0.15, 0.2) is 34.9 Å². The smallest absolute Gasteiger partial charge is 0.273 e. The first-order chi connectivity index (χ1) is 10.9. The van der Waals surface area contributed by atoms with E-state index in [1.54, 1.807) is 12.1 Å². The molecule has 0 saturated carbocycles. The van der Waals surface area contributed by atoms with Crippen LogP contribution < -0.4 is 5.32 Å². The van der Waals surface area contributed by atoms with Gasteiger partial charge in [0.2, 0.25) is 0 Å². The van der Waals surface area contributed by atoms with E-state index in [1.807, 2.05) is 0 Å². The highest BCUT2D eigenvalue weighted by Crippen LogP contribution is 2.23. The van der Waals surface area contributed by atoms with Crippen LogP contribution in [-0.4, -0.2) is 37.5 Å². The van der Waals surface area contributed by atoms with Crippen LogP contribution in [0.1, 0.15) is 16.9 Å². The lowest BCUT2D eigenvalue weighted by atomic mass is 10.1. The molecule has 1 aliphatic rings. The lowest BCUT2D eigenvalue weighted by Crippen LogP contribution is -2.30. The van der Waals surface area contributed by atoms with E-state index in [4.69, 9.17) is 4.52 Å². The van der Waals surface area contributed by atoms with Gasteiger partial charge in [0.15, 0.2) is 21.3 Å². The summed E-state index contributed by atoms with van der Waals surface area (Å²) in [5.74, 6) is -0.604. The van der Waals surface area contributed by atoms with Crippen LogP contribution in [0.3, 0.4) is 0 Å². The number of carbonyl (C=O) groups is 1. The number of sulfone groups is 1. The number of halogens is 1. The maximum atomic E-state index is 13.7. The molecule has 1 atom stereocenters. The van der Waals surface area contributed by atoms with E-state index >= 15 is 0 Å². The van der Waals surface area contributed by atoms with Gasteiger partial charge in [-0.25, -0.2) is 12.8 Å². The molecule has 8 heteroatoms. The summed E-state index contributed by atoms with van der Waals surface area (Å²) >= 11 is 0. The van der Waals surface area contributed by atoms with Crippen molar-refractivity contribution in [3.8, 4) is 11.3 Å². The van der Waals surface area contributed by atoms with Crippen LogP contribution >= 0.6 is 0 Å². The molecule has 0 aliphatic carbocycles. The molecule has 1 aliphatic heterocycles. The molecule has 0 radical (unpaired) electrons. The predicted octanol–water partition coefficient (Wildman–Crippen LogP) is 1.65. The highest BCUT2D eigenvalue weighted by molar-refractivity contribution is 7.91. The molecule has 122 valence electrons. The van der Waals surface area contributed by atoms with Gasteiger partial charge >= 0.3 is 0 Å². The Morgan fingerprint density at radius 1 is 1.39 bits per heavy atom. The van der Waals surface area contributed by atoms with Gasteiger partial charge in [0.25, 0.3) is 5.91 Å². The zero-order valence-electron chi connectivity index (χ0n) is 12.2. The summed E-state index contributed by atoms with van der Waals surface area (Å²) in [5, 5.41) is 6.27. The molecule has 1 saturated heterocycles. The number of benzene rings is 1. The van der Waals surface area contributed by atoms with Gasteiger partial charge in [-0.1, -0.05) is 17.3 Å². The van der Waals surface area contributed by atoms with Crippen molar-refractivity contribution < 1.29 is 22.1 Å². The fourth-order valence-electron chi connectivity index (χ4n) is 2.53. The van der Waals surface area contributed by atoms with Crippen molar-refractivity contribution in [3.63, 3.8) is 0 Å². The third-order valence-electron chi connectivity index (χ3n) is 3.76. The molecular weight excluding hydrogens is 323 g/mol. The van der Waals surface area contributed by atoms with E-state index < -0.39 is 21.6 Å². The molecule has 6 nitrogen and oxygen atoms in total. The highest BCUT2D eigenvalue weighted by Gasteiger charge is 2.28. The molecule has 1 N–H and O–H groups in total. The van der Waals surface area contributed by atoms with Gasteiger partial charge in [0.1, 0.15) is 5.82 Å². The first-order valence-corrected chi connectivity index (χ1v) is 8.97. The van der Waals surface area contributed by atoms with Gasteiger partial charge in [0.05, 0.1) is 17.1 Å². The summed E-state index contributed by atoms with van der Waals surface area (Å²) in [6, 6.07) is 7.39. The van der Waals surface area contributed by atoms with Crippen molar-refractivity contribution in [1.29, 1.82) is 0 Å². The number of amides is 1. The van der Waals surface area contributed by atoms with Crippen LogP contribution in [0.4, 0.5) is 4.39 Å². The molecule has 0 spiro atoms. The Morgan fingerprint density at radius 2 is 2.17 bits per heavy atom. The van der Waals surface area contributed by atoms with Crippen molar-refractivity contribution >= 4 is 15.7 Å². The Kier molecular flexibility index (Phi) is 4.16. The Bertz CT molecular complexity index is 832. The summed E-state index contributed by atoms with van der Waals surface area (Å²) < 4.78 is 41.4. The van der Waals surface area contributed by atoms with E-state index in [1.165, 1.54) is 18.2 Å². The number of aromatic nitrogens is 1. The average Bonchev–Trinajstić information content (AvgIpc) is 3.12. The van der Waals surface area contributed by atoms with Gasteiger partial charge in [0, 0.05) is 12.6 Å². The molecule has 1 aromatic carbocycles. The first kappa shape index (κ1) is 15.7. The second kappa shape index (κ2) is 6.11. The average molecular weight is 338 g/mol.